The first kappa shape index (κ1) is 15.9. The van der Waals surface area contributed by atoms with Crippen LogP contribution >= 0.6 is 0 Å². The fourth-order valence-electron chi connectivity index (χ4n) is 2.50. The second kappa shape index (κ2) is 8.12. The van der Waals surface area contributed by atoms with Gasteiger partial charge in [-0.3, -0.25) is 0 Å². The van der Waals surface area contributed by atoms with Crippen molar-refractivity contribution in [3.8, 4) is 0 Å². The Bertz CT molecular complexity index is 317. The lowest BCUT2D eigenvalue weighted by molar-refractivity contribution is 0.443. The summed E-state index contributed by atoms with van der Waals surface area (Å²) in [5.74, 6) is 0.880. The average Bonchev–Trinajstić information content (AvgIpc) is 2.79. The Morgan fingerprint density at radius 1 is 1.22 bits per heavy atom. The molecular weight excluding hydrogens is 248 g/mol. The minimum atomic E-state index is -3.01. The highest BCUT2D eigenvalue weighted by molar-refractivity contribution is 7.89. The molecule has 0 aliphatic carbocycles. The summed E-state index contributed by atoms with van der Waals surface area (Å²) in [6, 6.07) is 0. The second-order valence-corrected chi connectivity index (χ2v) is 7.31. The molecule has 1 saturated heterocycles. The lowest BCUT2D eigenvalue weighted by Gasteiger charge is -2.16. The van der Waals surface area contributed by atoms with Crippen LogP contribution in [0.15, 0.2) is 0 Å². The van der Waals surface area contributed by atoms with Crippen LogP contribution in [0.25, 0.3) is 0 Å². The molecule has 18 heavy (non-hydrogen) atoms. The molecule has 0 bridgehead atoms. The second-order valence-electron chi connectivity index (χ2n) is 5.22. The van der Waals surface area contributed by atoms with Crippen molar-refractivity contribution in [2.45, 2.75) is 46.0 Å². The minimum absolute atomic E-state index is 0.294. The average molecular weight is 276 g/mol. The summed E-state index contributed by atoms with van der Waals surface area (Å²) in [6.07, 6.45) is 5.17. The summed E-state index contributed by atoms with van der Waals surface area (Å²) in [5, 5.41) is 3.24. The highest BCUT2D eigenvalue weighted by Crippen LogP contribution is 2.23. The molecule has 0 radical (unpaired) electrons. The molecule has 1 unspecified atom stereocenters. The van der Waals surface area contributed by atoms with Crippen LogP contribution in [0, 0.1) is 5.92 Å². The minimum Gasteiger partial charge on any atom is -0.317 e. The SMILES string of the molecule is CCCNCCCS(=O)(=O)N1CCC(CCC)C1. The Kier molecular flexibility index (Phi) is 7.19. The van der Waals surface area contributed by atoms with E-state index in [9.17, 15) is 8.42 Å². The largest absolute Gasteiger partial charge is 0.317 e. The summed E-state index contributed by atoms with van der Waals surface area (Å²) in [5.41, 5.74) is 0. The normalized spacial score (nSPS) is 21.6. The Morgan fingerprint density at radius 2 is 2.00 bits per heavy atom. The highest BCUT2D eigenvalue weighted by Gasteiger charge is 2.30. The molecule has 1 atom stereocenters. The number of sulfonamides is 1. The molecule has 1 heterocycles. The van der Waals surface area contributed by atoms with E-state index in [1.807, 2.05) is 0 Å². The predicted molar refractivity (Wildman–Crippen MR) is 76.2 cm³/mol. The molecule has 1 N–H and O–H groups in total. The Morgan fingerprint density at radius 3 is 2.67 bits per heavy atom. The van der Waals surface area contributed by atoms with Crippen LogP contribution in [0.5, 0.6) is 0 Å². The highest BCUT2D eigenvalue weighted by atomic mass is 32.2. The van der Waals surface area contributed by atoms with Crippen LogP contribution in [0.1, 0.15) is 46.0 Å². The molecular formula is C13H28N2O2S. The summed E-state index contributed by atoms with van der Waals surface area (Å²) in [6.45, 7) is 7.54. The van der Waals surface area contributed by atoms with Crippen molar-refractivity contribution in [3.63, 3.8) is 0 Å². The fraction of sp³-hybridized carbons (Fsp3) is 1.00. The third kappa shape index (κ3) is 5.24. The van der Waals surface area contributed by atoms with Gasteiger partial charge in [-0.15, -0.1) is 0 Å². The van der Waals surface area contributed by atoms with E-state index in [0.29, 0.717) is 11.7 Å². The predicted octanol–water partition coefficient (Wildman–Crippen LogP) is 1.83. The van der Waals surface area contributed by atoms with Crippen LogP contribution in [-0.4, -0.2) is 44.7 Å². The molecule has 1 fully saturated rings. The topological polar surface area (TPSA) is 49.4 Å². The van der Waals surface area contributed by atoms with Crippen molar-refractivity contribution in [2.24, 2.45) is 5.92 Å². The smallest absolute Gasteiger partial charge is 0.214 e. The van der Waals surface area contributed by atoms with Gasteiger partial charge in [0, 0.05) is 13.1 Å². The first-order chi connectivity index (χ1) is 8.60. The van der Waals surface area contributed by atoms with Crippen molar-refractivity contribution in [3.05, 3.63) is 0 Å². The summed E-state index contributed by atoms with van der Waals surface area (Å²) >= 11 is 0. The summed E-state index contributed by atoms with van der Waals surface area (Å²) in [4.78, 5) is 0. The molecule has 1 aliphatic heterocycles. The Labute approximate surface area is 112 Å². The van der Waals surface area contributed by atoms with E-state index < -0.39 is 10.0 Å². The van der Waals surface area contributed by atoms with E-state index in [4.69, 9.17) is 0 Å². The van der Waals surface area contributed by atoms with E-state index in [1.165, 1.54) is 0 Å². The maximum Gasteiger partial charge on any atom is 0.214 e. The third-order valence-corrected chi connectivity index (χ3v) is 5.44. The van der Waals surface area contributed by atoms with Crippen molar-refractivity contribution >= 4 is 10.0 Å². The van der Waals surface area contributed by atoms with E-state index >= 15 is 0 Å². The van der Waals surface area contributed by atoms with Crippen LogP contribution < -0.4 is 5.32 Å². The van der Waals surface area contributed by atoms with Gasteiger partial charge in [0.2, 0.25) is 10.0 Å². The Balaban J connectivity index is 2.27. The zero-order valence-corrected chi connectivity index (χ0v) is 12.6. The van der Waals surface area contributed by atoms with Crippen LogP contribution in [0.3, 0.4) is 0 Å². The maximum atomic E-state index is 12.1. The molecule has 1 rings (SSSR count). The number of nitrogens with zero attached hydrogens (tertiary/aromatic N) is 1. The molecule has 0 spiro atoms. The molecule has 5 heteroatoms. The number of nitrogens with one attached hydrogen (secondary N) is 1. The zero-order valence-electron chi connectivity index (χ0n) is 11.8. The molecule has 0 amide bonds. The van der Waals surface area contributed by atoms with Crippen molar-refractivity contribution in [1.82, 2.24) is 9.62 Å². The van der Waals surface area contributed by atoms with Crippen molar-refractivity contribution in [2.75, 3.05) is 31.9 Å². The van der Waals surface area contributed by atoms with E-state index in [0.717, 1.165) is 58.3 Å². The van der Waals surface area contributed by atoms with Crippen LogP contribution in [0.4, 0.5) is 0 Å². The van der Waals surface area contributed by atoms with Gasteiger partial charge in [0.15, 0.2) is 0 Å². The lowest BCUT2D eigenvalue weighted by Crippen LogP contribution is -2.32. The quantitative estimate of drug-likeness (QED) is 0.654. The van der Waals surface area contributed by atoms with Crippen LogP contribution in [0.2, 0.25) is 0 Å². The maximum absolute atomic E-state index is 12.1. The van der Waals surface area contributed by atoms with Gasteiger partial charge in [-0.05, 0) is 44.7 Å². The van der Waals surface area contributed by atoms with Gasteiger partial charge in [0.05, 0.1) is 5.75 Å². The monoisotopic (exact) mass is 276 g/mol. The zero-order chi connectivity index (χ0) is 13.4. The standard InChI is InChI=1S/C13H28N2O2S/c1-3-6-13-7-10-15(12-13)18(16,17)11-5-9-14-8-4-2/h13-14H,3-12H2,1-2H3. The molecule has 0 aromatic rings. The molecule has 1 aliphatic rings. The van der Waals surface area contributed by atoms with Gasteiger partial charge in [-0.25, -0.2) is 12.7 Å². The van der Waals surface area contributed by atoms with Crippen LogP contribution in [-0.2, 0) is 10.0 Å². The molecule has 0 aromatic carbocycles. The molecule has 0 aromatic heterocycles. The summed E-state index contributed by atoms with van der Waals surface area (Å²) < 4.78 is 25.9. The van der Waals surface area contributed by atoms with Gasteiger partial charge in [-0.1, -0.05) is 20.3 Å². The molecule has 0 saturated carbocycles. The number of rotatable bonds is 9. The van der Waals surface area contributed by atoms with Gasteiger partial charge < -0.3 is 5.32 Å². The number of hydrogen-bond donors (Lipinski definition) is 1. The van der Waals surface area contributed by atoms with Crippen molar-refractivity contribution in [1.29, 1.82) is 0 Å². The van der Waals surface area contributed by atoms with Gasteiger partial charge in [0.25, 0.3) is 0 Å². The van der Waals surface area contributed by atoms with Crippen molar-refractivity contribution < 1.29 is 8.42 Å². The Hall–Kier alpha value is -0.130. The van der Waals surface area contributed by atoms with Gasteiger partial charge >= 0.3 is 0 Å². The first-order valence-electron chi connectivity index (χ1n) is 7.28. The van der Waals surface area contributed by atoms with E-state index in [2.05, 4.69) is 19.2 Å². The summed E-state index contributed by atoms with van der Waals surface area (Å²) in [7, 11) is -3.01. The third-order valence-electron chi connectivity index (χ3n) is 3.52. The van der Waals surface area contributed by atoms with E-state index in [1.54, 1.807) is 4.31 Å². The molecule has 108 valence electrons. The fourth-order valence-corrected chi connectivity index (χ4v) is 4.09. The van der Waals surface area contributed by atoms with Gasteiger partial charge in [-0.2, -0.15) is 0 Å². The molecule has 4 nitrogen and oxygen atoms in total. The lowest BCUT2D eigenvalue weighted by atomic mass is 10.0. The van der Waals surface area contributed by atoms with E-state index in [-0.39, 0.29) is 0 Å². The van der Waals surface area contributed by atoms with Gasteiger partial charge in [0.1, 0.15) is 0 Å². The first-order valence-corrected chi connectivity index (χ1v) is 8.89. The number of hydrogen-bond acceptors (Lipinski definition) is 3.